The van der Waals surface area contributed by atoms with E-state index in [1.807, 2.05) is 23.5 Å². The van der Waals surface area contributed by atoms with Crippen molar-refractivity contribution in [2.45, 2.75) is 0 Å². The summed E-state index contributed by atoms with van der Waals surface area (Å²) in [6, 6.07) is 5.70. The zero-order valence-electron chi connectivity index (χ0n) is 7.00. The molecule has 1 aromatic carbocycles. The quantitative estimate of drug-likeness (QED) is 0.794. The third-order valence-electron chi connectivity index (χ3n) is 1.53. The molecule has 0 fully saturated rings. The van der Waals surface area contributed by atoms with E-state index in [9.17, 15) is 0 Å². The summed E-state index contributed by atoms with van der Waals surface area (Å²) in [6.07, 6.45) is 0. The minimum absolute atomic E-state index is 0.741. The van der Waals surface area contributed by atoms with Crippen LogP contribution in [-0.2, 0) is 0 Å². The van der Waals surface area contributed by atoms with Gasteiger partial charge in [-0.05, 0) is 17.7 Å². The molecule has 0 amide bonds. The Hall–Kier alpha value is -0.700. The summed E-state index contributed by atoms with van der Waals surface area (Å²) in [5, 5.41) is 1.83. The van der Waals surface area contributed by atoms with Gasteiger partial charge in [0.05, 0.1) is 19.5 Å². The van der Waals surface area contributed by atoms with Crippen LogP contribution in [0.2, 0.25) is 0 Å². The maximum atomic E-state index is 5.11. The fourth-order valence-corrected chi connectivity index (χ4v) is 1.21. The Bertz CT molecular complexity index is 261. The molecule has 2 nitrogen and oxygen atoms in total. The average molecular weight is 230 g/mol. The van der Waals surface area contributed by atoms with Crippen molar-refractivity contribution in [2.75, 3.05) is 14.2 Å². The van der Waals surface area contributed by atoms with E-state index in [1.54, 1.807) is 14.2 Å². The van der Waals surface area contributed by atoms with Gasteiger partial charge in [-0.1, -0.05) is 22.0 Å². The van der Waals surface area contributed by atoms with E-state index in [-0.39, 0.29) is 0 Å². The molecule has 12 heavy (non-hydrogen) atoms. The minimum atomic E-state index is 0.741. The van der Waals surface area contributed by atoms with Crippen LogP contribution in [0, 0.1) is 5.33 Å². The van der Waals surface area contributed by atoms with Gasteiger partial charge in [0.1, 0.15) is 0 Å². The van der Waals surface area contributed by atoms with E-state index >= 15 is 0 Å². The number of rotatable bonds is 3. The molecule has 1 rings (SSSR count). The van der Waals surface area contributed by atoms with Crippen LogP contribution in [0.4, 0.5) is 0 Å². The second-order valence-corrected chi connectivity index (χ2v) is 2.68. The van der Waals surface area contributed by atoms with Gasteiger partial charge in [0.25, 0.3) is 0 Å². The number of halogens is 1. The fourth-order valence-electron chi connectivity index (χ4n) is 0.921. The molecule has 0 heterocycles. The standard InChI is InChI=1S/C9H10BrO2/c1-11-8-4-3-7(6-10)5-9(8)12-2/h3-6H,1-2H3. The molecule has 0 spiro atoms. The first-order valence-corrected chi connectivity index (χ1v) is 4.39. The normalized spacial score (nSPS) is 9.58. The maximum absolute atomic E-state index is 5.11. The summed E-state index contributed by atoms with van der Waals surface area (Å²) in [5.74, 6) is 1.49. The van der Waals surface area contributed by atoms with E-state index in [0.29, 0.717) is 0 Å². The van der Waals surface area contributed by atoms with Crippen molar-refractivity contribution in [1.29, 1.82) is 0 Å². The summed E-state index contributed by atoms with van der Waals surface area (Å²) < 4.78 is 10.2. The Labute approximate surface area is 80.6 Å². The highest BCUT2D eigenvalue weighted by molar-refractivity contribution is 9.10. The van der Waals surface area contributed by atoms with Gasteiger partial charge in [-0.25, -0.2) is 0 Å². The molecule has 1 radical (unpaired) electrons. The summed E-state index contributed by atoms with van der Waals surface area (Å²) >= 11 is 3.25. The first kappa shape index (κ1) is 9.39. The summed E-state index contributed by atoms with van der Waals surface area (Å²) in [5.41, 5.74) is 1.05. The lowest BCUT2D eigenvalue weighted by molar-refractivity contribution is 0.355. The molecule has 0 saturated carbocycles. The Morgan fingerprint density at radius 3 is 2.33 bits per heavy atom. The minimum Gasteiger partial charge on any atom is -0.493 e. The Morgan fingerprint density at radius 1 is 1.17 bits per heavy atom. The number of benzene rings is 1. The number of hydrogen-bond donors (Lipinski definition) is 0. The number of hydrogen-bond acceptors (Lipinski definition) is 2. The molecule has 0 saturated heterocycles. The number of ether oxygens (including phenoxy) is 2. The van der Waals surface area contributed by atoms with Crippen LogP contribution in [0.1, 0.15) is 5.56 Å². The van der Waals surface area contributed by atoms with E-state index in [1.165, 1.54) is 0 Å². The SMILES string of the molecule is COc1ccc([CH]Br)cc1OC. The van der Waals surface area contributed by atoms with Gasteiger partial charge < -0.3 is 9.47 Å². The van der Waals surface area contributed by atoms with Crippen molar-refractivity contribution >= 4 is 15.9 Å². The zero-order valence-corrected chi connectivity index (χ0v) is 8.59. The summed E-state index contributed by atoms with van der Waals surface area (Å²) in [6.45, 7) is 0. The van der Waals surface area contributed by atoms with E-state index in [4.69, 9.17) is 9.47 Å². The van der Waals surface area contributed by atoms with Gasteiger partial charge >= 0.3 is 0 Å². The lowest BCUT2D eigenvalue weighted by Crippen LogP contribution is -1.90. The van der Waals surface area contributed by atoms with Crippen LogP contribution in [0.25, 0.3) is 0 Å². The van der Waals surface area contributed by atoms with Crippen molar-refractivity contribution < 1.29 is 9.47 Å². The molecule has 0 N–H and O–H groups in total. The van der Waals surface area contributed by atoms with Crippen LogP contribution in [0.15, 0.2) is 18.2 Å². The van der Waals surface area contributed by atoms with Crippen LogP contribution < -0.4 is 9.47 Å². The van der Waals surface area contributed by atoms with Gasteiger partial charge in [-0.2, -0.15) is 0 Å². The van der Waals surface area contributed by atoms with Crippen molar-refractivity contribution in [3.05, 3.63) is 29.1 Å². The van der Waals surface area contributed by atoms with Crippen molar-refractivity contribution in [3.8, 4) is 11.5 Å². The topological polar surface area (TPSA) is 18.5 Å². The molecule has 0 unspecified atom stereocenters. The highest BCUT2D eigenvalue weighted by atomic mass is 79.9. The van der Waals surface area contributed by atoms with Crippen molar-refractivity contribution in [3.63, 3.8) is 0 Å². The molecular weight excluding hydrogens is 220 g/mol. The molecule has 65 valence electrons. The fraction of sp³-hybridized carbons (Fsp3) is 0.222. The van der Waals surface area contributed by atoms with Gasteiger partial charge in [-0.15, -0.1) is 0 Å². The zero-order chi connectivity index (χ0) is 8.97. The van der Waals surface area contributed by atoms with Crippen LogP contribution >= 0.6 is 15.9 Å². The highest BCUT2D eigenvalue weighted by Crippen LogP contribution is 2.28. The predicted octanol–water partition coefficient (Wildman–Crippen LogP) is 2.61. The first-order valence-electron chi connectivity index (χ1n) is 3.47. The molecule has 0 atom stereocenters. The predicted molar refractivity (Wildman–Crippen MR) is 51.9 cm³/mol. The Morgan fingerprint density at radius 2 is 1.83 bits per heavy atom. The highest BCUT2D eigenvalue weighted by Gasteiger charge is 2.02. The van der Waals surface area contributed by atoms with Crippen LogP contribution in [0.5, 0.6) is 11.5 Å². The lowest BCUT2D eigenvalue weighted by atomic mass is 10.2. The third kappa shape index (κ3) is 1.91. The number of methoxy groups -OCH3 is 2. The molecular formula is C9H10BrO2. The van der Waals surface area contributed by atoms with E-state index in [0.717, 1.165) is 17.1 Å². The second kappa shape index (κ2) is 4.36. The maximum Gasteiger partial charge on any atom is 0.161 e. The summed E-state index contributed by atoms with van der Waals surface area (Å²) in [7, 11) is 3.24. The smallest absolute Gasteiger partial charge is 0.161 e. The van der Waals surface area contributed by atoms with Gasteiger partial charge in [0.15, 0.2) is 11.5 Å². The van der Waals surface area contributed by atoms with Gasteiger partial charge in [-0.3, -0.25) is 0 Å². The molecule has 0 aliphatic rings. The summed E-state index contributed by atoms with van der Waals surface area (Å²) in [4.78, 5) is 0. The average Bonchev–Trinajstić information content (AvgIpc) is 2.16. The van der Waals surface area contributed by atoms with Crippen molar-refractivity contribution in [2.24, 2.45) is 0 Å². The molecule has 1 aromatic rings. The molecule has 3 heteroatoms. The molecule has 0 bridgehead atoms. The second-order valence-electron chi connectivity index (χ2n) is 2.22. The Balaban J connectivity index is 3.02. The molecule has 0 aromatic heterocycles. The largest absolute Gasteiger partial charge is 0.493 e. The monoisotopic (exact) mass is 229 g/mol. The van der Waals surface area contributed by atoms with Crippen LogP contribution in [0.3, 0.4) is 0 Å². The first-order chi connectivity index (χ1) is 5.81. The lowest BCUT2D eigenvalue weighted by Gasteiger charge is -2.07. The molecule has 0 aliphatic heterocycles. The van der Waals surface area contributed by atoms with E-state index < -0.39 is 0 Å². The van der Waals surface area contributed by atoms with Gasteiger partial charge in [0.2, 0.25) is 0 Å². The van der Waals surface area contributed by atoms with E-state index in [2.05, 4.69) is 15.9 Å². The molecule has 0 aliphatic carbocycles. The third-order valence-corrected chi connectivity index (χ3v) is 2.06. The Kier molecular flexibility index (Phi) is 3.41. The van der Waals surface area contributed by atoms with Crippen molar-refractivity contribution in [1.82, 2.24) is 0 Å². The van der Waals surface area contributed by atoms with Gasteiger partial charge in [0, 0.05) is 0 Å². The van der Waals surface area contributed by atoms with Crippen LogP contribution in [-0.4, -0.2) is 14.2 Å².